The fourth-order valence-electron chi connectivity index (χ4n) is 3.28. The summed E-state index contributed by atoms with van der Waals surface area (Å²) in [7, 11) is 0. The van der Waals surface area contributed by atoms with E-state index in [1.54, 1.807) is 18.2 Å². The molecule has 0 radical (unpaired) electrons. The minimum absolute atomic E-state index is 0.0960. The number of amides is 2. The lowest BCUT2D eigenvalue weighted by Gasteiger charge is -2.18. The van der Waals surface area contributed by atoms with Gasteiger partial charge in [0.15, 0.2) is 0 Å². The quantitative estimate of drug-likeness (QED) is 0.725. The molecule has 7 nitrogen and oxygen atoms in total. The molecule has 1 aliphatic rings. The van der Waals surface area contributed by atoms with Crippen LogP contribution in [0.3, 0.4) is 0 Å². The molecule has 3 aromatic rings. The lowest BCUT2D eigenvalue weighted by Crippen LogP contribution is -2.33. The molecule has 1 atom stereocenters. The number of halogens is 1. The molecule has 0 aliphatic carbocycles. The number of fused-ring (bicyclic) bond motifs is 1. The minimum Gasteiger partial charge on any atom is -0.376 e. The zero-order valence-corrected chi connectivity index (χ0v) is 15.0. The van der Waals surface area contributed by atoms with E-state index >= 15 is 0 Å². The highest BCUT2D eigenvalue weighted by molar-refractivity contribution is 6.04. The predicted octanol–water partition coefficient (Wildman–Crippen LogP) is 3.36. The van der Waals surface area contributed by atoms with Crippen molar-refractivity contribution < 1.29 is 13.9 Å². The summed E-state index contributed by atoms with van der Waals surface area (Å²) in [6.07, 6.45) is 1.69. The lowest BCUT2D eigenvalue weighted by atomic mass is 10.2. The highest BCUT2D eigenvalue weighted by atomic mass is 19.1. The van der Waals surface area contributed by atoms with Gasteiger partial charge in [-0.05, 0) is 49.2 Å². The number of nitrogens with one attached hydrogen (secondary N) is 2. The van der Waals surface area contributed by atoms with Crippen LogP contribution in [0.1, 0.15) is 12.8 Å². The number of rotatable bonds is 4. The Morgan fingerprint density at radius 2 is 1.96 bits per heavy atom. The van der Waals surface area contributed by atoms with Gasteiger partial charge in [-0.3, -0.25) is 9.88 Å². The summed E-state index contributed by atoms with van der Waals surface area (Å²) in [6.45, 7) is 0.969. The third-order valence-corrected chi connectivity index (χ3v) is 4.62. The lowest BCUT2D eigenvalue weighted by molar-refractivity contribution is 0.0964. The zero-order chi connectivity index (χ0) is 19.5. The number of carbonyl (C=O) groups excluding carboxylic acids is 1. The molecule has 0 saturated carbocycles. The van der Waals surface area contributed by atoms with E-state index in [1.165, 1.54) is 28.8 Å². The number of urea groups is 1. The number of para-hydroxylation sites is 1. The molecule has 0 unspecified atom stereocenters. The first kappa shape index (κ1) is 18.1. The second-order valence-electron chi connectivity index (χ2n) is 6.59. The van der Waals surface area contributed by atoms with Gasteiger partial charge in [-0.15, -0.1) is 0 Å². The smallest absolute Gasteiger partial charge is 0.349 e. The molecular formula is C20H19FN4O3. The number of ether oxygens (including phenoxy) is 1. The number of aromatic nitrogens is 2. The summed E-state index contributed by atoms with van der Waals surface area (Å²) >= 11 is 0. The van der Waals surface area contributed by atoms with E-state index in [0.717, 1.165) is 12.8 Å². The summed E-state index contributed by atoms with van der Waals surface area (Å²) in [4.78, 5) is 29.2. The Balaban J connectivity index is 1.67. The number of benzene rings is 2. The van der Waals surface area contributed by atoms with Crippen molar-refractivity contribution >= 4 is 28.4 Å². The van der Waals surface area contributed by atoms with Gasteiger partial charge in [0.2, 0.25) is 0 Å². The molecule has 1 saturated heterocycles. The van der Waals surface area contributed by atoms with Crippen molar-refractivity contribution in [1.82, 2.24) is 9.55 Å². The normalized spacial score (nSPS) is 16.2. The largest absolute Gasteiger partial charge is 0.376 e. The number of hydrogen-bond acceptors (Lipinski definition) is 4. The van der Waals surface area contributed by atoms with E-state index in [0.29, 0.717) is 35.6 Å². The van der Waals surface area contributed by atoms with Crippen LogP contribution < -0.4 is 16.3 Å². The van der Waals surface area contributed by atoms with E-state index in [4.69, 9.17) is 4.74 Å². The zero-order valence-electron chi connectivity index (χ0n) is 15.0. The first-order valence-corrected chi connectivity index (χ1v) is 9.05. The van der Waals surface area contributed by atoms with Gasteiger partial charge in [0.25, 0.3) is 0 Å². The van der Waals surface area contributed by atoms with Crippen molar-refractivity contribution in [2.75, 3.05) is 17.2 Å². The van der Waals surface area contributed by atoms with Gasteiger partial charge >= 0.3 is 11.7 Å². The summed E-state index contributed by atoms with van der Waals surface area (Å²) in [5.41, 5.74) is 0.477. The van der Waals surface area contributed by atoms with Crippen LogP contribution in [-0.2, 0) is 11.3 Å². The molecule has 144 valence electrons. The summed E-state index contributed by atoms with van der Waals surface area (Å²) in [6, 6.07) is 12.0. The first-order valence-electron chi connectivity index (χ1n) is 9.05. The molecule has 1 fully saturated rings. The Kier molecular flexibility index (Phi) is 5.03. The van der Waals surface area contributed by atoms with Gasteiger partial charge < -0.3 is 10.1 Å². The van der Waals surface area contributed by atoms with Crippen LogP contribution in [0.15, 0.2) is 53.3 Å². The Morgan fingerprint density at radius 3 is 2.71 bits per heavy atom. The van der Waals surface area contributed by atoms with E-state index in [1.807, 2.05) is 6.07 Å². The monoisotopic (exact) mass is 382 g/mol. The highest BCUT2D eigenvalue weighted by Gasteiger charge is 2.21. The van der Waals surface area contributed by atoms with Crippen molar-refractivity contribution in [3.05, 3.63) is 64.8 Å². The van der Waals surface area contributed by atoms with E-state index in [-0.39, 0.29) is 6.10 Å². The van der Waals surface area contributed by atoms with E-state index in [9.17, 15) is 14.0 Å². The van der Waals surface area contributed by atoms with Crippen LogP contribution in [-0.4, -0.2) is 28.3 Å². The maximum atomic E-state index is 13.1. The number of anilines is 2. The van der Waals surface area contributed by atoms with Crippen LogP contribution in [0.2, 0.25) is 0 Å². The van der Waals surface area contributed by atoms with Crippen LogP contribution in [0.25, 0.3) is 10.9 Å². The Hall–Kier alpha value is -3.26. The summed E-state index contributed by atoms with van der Waals surface area (Å²) in [5.74, 6) is -0.0396. The van der Waals surface area contributed by atoms with Crippen molar-refractivity contribution in [3.8, 4) is 0 Å². The second kappa shape index (κ2) is 7.77. The molecule has 1 aromatic heterocycles. The molecule has 2 aromatic carbocycles. The highest BCUT2D eigenvalue weighted by Crippen LogP contribution is 2.22. The SMILES string of the molecule is O=C(Nc1ccc(F)cc1)Nc1c2ccccc2nc(=O)n1C[C@H]1CCCO1. The fourth-order valence-corrected chi connectivity index (χ4v) is 3.28. The third-order valence-electron chi connectivity index (χ3n) is 4.62. The molecule has 1 aliphatic heterocycles. The van der Waals surface area contributed by atoms with Crippen LogP contribution >= 0.6 is 0 Å². The molecular weight excluding hydrogens is 363 g/mol. The molecule has 28 heavy (non-hydrogen) atoms. The molecule has 0 spiro atoms. The Bertz CT molecular complexity index is 1060. The van der Waals surface area contributed by atoms with Gasteiger partial charge in [-0.25, -0.2) is 14.0 Å². The van der Waals surface area contributed by atoms with Gasteiger partial charge in [0.1, 0.15) is 11.6 Å². The Morgan fingerprint density at radius 1 is 1.18 bits per heavy atom. The number of hydrogen-bond donors (Lipinski definition) is 2. The van der Waals surface area contributed by atoms with Crippen molar-refractivity contribution in [1.29, 1.82) is 0 Å². The molecule has 0 bridgehead atoms. The van der Waals surface area contributed by atoms with Gasteiger partial charge in [0.05, 0.1) is 18.2 Å². The predicted molar refractivity (Wildman–Crippen MR) is 104 cm³/mol. The van der Waals surface area contributed by atoms with Crippen molar-refractivity contribution in [3.63, 3.8) is 0 Å². The van der Waals surface area contributed by atoms with Crippen molar-refractivity contribution in [2.45, 2.75) is 25.5 Å². The van der Waals surface area contributed by atoms with Gasteiger partial charge in [0, 0.05) is 17.7 Å². The van der Waals surface area contributed by atoms with E-state index in [2.05, 4.69) is 15.6 Å². The van der Waals surface area contributed by atoms with Gasteiger partial charge in [-0.1, -0.05) is 12.1 Å². The standard InChI is InChI=1S/C20H19FN4O3/c21-13-7-9-14(10-8-13)22-19(26)24-18-16-5-1-2-6-17(16)23-20(27)25(18)12-15-4-3-11-28-15/h1-2,5-10,15H,3-4,11-12H2,(H2,22,24,26)/t15-/m1/s1. The maximum Gasteiger partial charge on any atom is 0.349 e. The third kappa shape index (κ3) is 3.86. The second-order valence-corrected chi connectivity index (χ2v) is 6.59. The molecule has 8 heteroatoms. The number of carbonyl (C=O) groups is 1. The summed E-state index contributed by atoms with van der Waals surface area (Å²) < 4.78 is 20.1. The Labute approximate surface area is 160 Å². The van der Waals surface area contributed by atoms with Crippen LogP contribution in [0.5, 0.6) is 0 Å². The summed E-state index contributed by atoms with van der Waals surface area (Å²) in [5, 5.41) is 6.04. The molecule has 2 heterocycles. The average molecular weight is 382 g/mol. The topological polar surface area (TPSA) is 85.3 Å². The van der Waals surface area contributed by atoms with Crippen molar-refractivity contribution in [2.24, 2.45) is 0 Å². The number of nitrogens with zero attached hydrogens (tertiary/aromatic N) is 2. The fraction of sp³-hybridized carbons (Fsp3) is 0.250. The van der Waals surface area contributed by atoms with Crippen LogP contribution in [0.4, 0.5) is 20.7 Å². The maximum absolute atomic E-state index is 13.1. The van der Waals surface area contributed by atoms with Crippen LogP contribution in [0, 0.1) is 5.82 Å². The van der Waals surface area contributed by atoms with Gasteiger partial charge in [-0.2, -0.15) is 4.98 Å². The van der Waals surface area contributed by atoms with E-state index < -0.39 is 17.5 Å². The minimum atomic E-state index is -0.538. The molecule has 4 rings (SSSR count). The molecule has 2 amide bonds. The molecule has 2 N–H and O–H groups in total. The average Bonchev–Trinajstić information content (AvgIpc) is 3.19. The first-order chi connectivity index (χ1) is 13.6.